The minimum absolute atomic E-state index is 0.0325. The normalized spacial score (nSPS) is 18.4. The summed E-state index contributed by atoms with van der Waals surface area (Å²) in [4.78, 5) is 23.7. The quantitative estimate of drug-likeness (QED) is 0.283. The number of imidazole rings is 1. The molecule has 2 fully saturated rings. The van der Waals surface area contributed by atoms with Gasteiger partial charge in [-0.15, -0.1) is 0 Å². The summed E-state index contributed by atoms with van der Waals surface area (Å²) in [6.45, 7) is 5.32. The Hall–Kier alpha value is -4.33. The number of halogens is 1. The van der Waals surface area contributed by atoms with E-state index < -0.39 is 11.8 Å². The lowest BCUT2D eigenvalue weighted by atomic mass is 9.92. The van der Waals surface area contributed by atoms with E-state index in [2.05, 4.69) is 16.4 Å². The molecule has 2 aliphatic rings. The molecule has 0 aliphatic carbocycles. The first kappa shape index (κ1) is 27.8. The van der Waals surface area contributed by atoms with Crippen molar-refractivity contribution in [2.75, 3.05) is 19.7 Å². The molecule has 0 amide bonds. The van der Waals surface area contributed by atoms with Crippen LogP contribution in [0.1, 0.15) is 71.1 Å². The van der Waals surface area contributed by atoms with Gasteiger partial charge in [-0.25, -0.2) is 19.2 Å². The number of aromatic carboxylic acids is 1. The van der Waals surface area contributed by atoms with Crippen molar-refractivity contribution in [3.05, 3.63) is 88.6 Å². The number of hydrogen-bond donors (Lipinski definition) is 1. The van der Waals surface area contributed by atoms with Crippen molar-refractivity contribution >= 4 is 17.0 Å². The summed E-state index contributed by atoms with van der Waals surface area (Å²) in [7, 11) is 0. The Morgan fingerprint density at radius 2 is 1.98 bits per heavy atom. The highest BCUT2D eigenvalue weighted by molar-refractivity contribution is 5.92. The number of carboxylic acids is 1. The van der Waals surface area contributed by atoms with E-state index in [4.69, 9.17) is 24.7 Å². The standard InChI is InChI=1S/C32H32FN5O4/c1-20(31-36-28-8-7-23(32(39)40)16-29(28)38(31)18-25-11-14-41-25)37-12-9-22(10-13-37)27-3-2-4-30(35-27)42-19-24-6-5-21(17-34)15-26(24)33/h2-8,15-16,20,22,25H,9-14,18-19H2,1H3,(H,39,40)/t20?,25-/m0/s1. The van der Waals surface area contributed by atoms with Gasteiger partial charge in [-0.3, -0.25) is 4.90 Å². The van der Waals surface area contributed by atoms with E-state index in [9.17, 15) is 14.3 Å². The van der Waals surface area contributed by atoms with E-state index >= 15 is 0 Å². The van der Waals surface area contributed by atoms with Gasteiger partial charge in [0, 0.05) is 29.8 Å². The molecule has 2 atom stereocenters. The number of nitrogens with zero attached hydrogens (tertiary/aromatic N) is 5. The van der Waals surface area contributed by atoms with Gasteiger partial charge in [0.05, 0.1) is 46.9 Å². The summed E-state index contributed by atoms with van der Waals surface area (Å²) >= 11 is 0. The van der Waals surface area contributed by atoms with Crippen LogP contribution in [0.3, 0.4) is 0 Å². The van der Waals surface area contributed by atoms with Crippen LogP contribution in [0.5, 0.6) is 5.88 Å². The number of benzene rings is 2. The van der Waals surface area contributed by atoms with Crippen LogP contribution >= 0.6 is 0 Å². The smallest absolute Gasteiger partial charge is 0.335 e. The first-order chi connectivity index (χ1) is 20.4. The number of ether oxygens (including phenoxy) is 2. The van der Waals surface area contributed by atoms with E-state index in [1.807, 2.05) is 18.2 Å². The van der Waals surface area contributed by atoms with E-state index in [1.165, 1.54) is 6.07 Å². The Balaban J connectivity index is 1.13. The number of carbonyl (C=O) groups is 1. The van der Waals surface area contributed by atoms with Crippen molar-refractivity contribution < 1.29 is 23.8 Å². The summed E-state index contributed by atoms with van der Waals surface area (Å²) in [5, 5.41) is 18.5. The van der Waals surface area contributed by atoms with Gasteiger partial charge < -0.3 is 19.1 Å². The second kappa shape index (κ2) is 11.9. The van der Waals surface area contributed by atoms with Crippen LogP contribution in [0.4, 0.5) is 4.39 Å². The maximum absolute atomic E-state index is 14.3. The first-order valence-corrected chi connectivity index (χ1v) is 14.3. The van der Waals surface area contributed by atoms with Crippen LogP contribution < -0.4 is 4.74 Å². The summed E-state index contributed by atoms with van der Waals surface area (Å²) in [5.74, 6) is 0.210. The number of likely N-dealkylation sites (tertiary alicyclic amines) is 1. The Bertz CT molecular complexity index is 1650. The molecule has 2 aromatic heterocycles. The fraction of sp³-hybridized carbons (Fsp3) is 0.375. The molecule has 0 bridgehead atoms. The first-order valence-electron chi connectivity index (χ1n) is 14.3. The molecular formula is C32H32FN5O4. The molecule has 2 aliphatic heterocycles. The predicted molar refractivity (Wildman–Crippen MR) is 153 cm³/mol. The maximum Gasteiger partial charge on any atom is 0.335 e. The summed E-state index contributed by atoms with van der Waals surface area (Å²) in [6, 6.07) is 17.1. The summed E-state index contributed by atoms with van der Waals surface area (Å²) in [5.41, 5.74) is 3.46. The van der Waals surface area contributed by atoms with Gasteiger partial charge in [-0.2, -0.15) is 5.26 Å². The third kappa shape index (κ3) is 5.71. The van der Waals surface area contributed by atoms with Gasteiger partial charge in [0.15, 0.2) is 0 Å². The number of hydrogen-bond acceptors (Lipinski definition) is 7. The Morgan fingerprint density at radius 1 is 1.17 bits per heavy atom. The van der Waals surface area contributed by atoms with Gasteiger partial charge in [-0.05, 0) is 75.7 Å². The molecule has 2 saturated heterocycles. The van der Waals surface area contributed by atoms with Crippen molar-refractivity contribution in [2.24, 2.45) is 0 Å². The molecule has 216 valence electrons. The molecule has 9 nitrogen and oxygen atoms in total. The second-order valence-electron chi connectivity index (χ2n) is 11.0. The third-order valence-corrected chi connectivity index (χ3v) is 8.38. The van der Waals surface area contributed by atoms with Gasteiger partial charge in [0.1, 0.15) is 18.2 Å². The average Bonchev–Trinajstić information content (AvgIpc) is 3.35. The lowest BCUT2D eigenvalue weighted by Crippen LogP contribution is -2.37. The minimum Gasteiger partial charge on any atom is -0.478 e. The number of nitriles is 1. The fourth-order valence-corrected chi connectivity index (χ4v) is 5.79. The minimum atomic E-state index is -0.953. The zero-order valence-electron chi connectivity index (χ0n) is 23.4. The highest BCUT2D eigenvalue weighted by atomic mass is 19.1. The van der Waals surface area contributed by atoms with Crippen molar-refractivity contribution in [1.82, 2.24) is 19.4 Å². The number of aromatic nitrogens is 3. The van der Waals surface area contributed by atoms with Gasteiger partial charge >= 0.3 is 5.97 Å². The Labute approximate surface area is 243 Å². The molecule has 4 heterocycles. The monoisotopic (exact) mass is 569 g/mol. The van der Waals surface area contributed by atoms with E-state index in [1.54, 1.807) is 36.4 Å². The van der Waals surface area contributed by atoms with E-state index in [0.29, 0.717) is 18.0 Å². The molecule has 2 aromatic carbocycles. The lowest BCUT2D eigenvalue weighted by Gasteiger charge is -2.36. The SMILES string of the molecule is CC(c1nc2ccc(C(=O)O)cc2n1C[C@@H]1CCO1)N1CCC(c2cccc(OCc3ccc(C#N)cc3F)n2)CC1. The highest BCUT2D eigenvalue weighted by Gasteiger charge is 2.30. The van der Waals surface area contributed by atoms with Crippen LogP contribution in [0, 0.1) is 17.1 Å². The van der Waals surface area contributed by atoms with Gasteiger partial charge in [0.25, 0.3) is 0 Å². The van der Waals surface area contributed by atoms with Crippen LogP contribution in [0.15, 0.2) is 54.6 Å². The molecule has 0 radical (unpaired) electrons. The molecule has 42 heavy (non-hydrogen) atoms. The predicted octanol–water partition coefficient (Wildman–Crippen LogP) is 5.45. The van der Waals surface area contributed by atoms with Crippen molar-refractivity contribution in [1.29, 1.82) is 5.26 Å². The Kier molecular flexibility index (Phi) is 7.87. The van der Waals surface area contributed by atoms with Crippen molar-refractivity contribution in [2.45, 2.75) is 57.4 Å². The van der Waals surface area contributed by atoms with Crippen LogP contribution in [-0.2, 0) is 17.9 Å². The molecule has 1 N–H and O–H groups in total. The molecule has 10 heteroatoms. The van der Waals surface area contributed by atoms with Crippen LogP contribution in [0.2, 0.25) is 0 Å². The second-order valence-corrected chi connectivity index (χ2v) is 11.0. The summed E-state index contributed by atoms with van der Waals surface area (Å²) < 4.78 is 27.9. The largest absolute Gasteiger partial charge is 0.478 e. The van der Waals surface area contributed by atoms with Gasteiger partial charge in [-0.1, -0.05) is 12.1 Å². The molecule has 6 rings (SSSR count). The van der Waals surface area contributed by atoms with Crippen molar-refractivity contribution in [3.63, 3.8) is 0 Å². The lowest BCUT2D eigenvalue weighted by molar-refractivity contribution is -0.0594. The average molecular weight is 570 g/mol. The Morgan fingerprint density at radius 3 is 2.67 bits per heavy atom. The van der Waals surface area contributed by atoms with Crippen molar-refractivity contribution in [3.8, 4) is 11.9 Å². The number of rotatable bonds is 9. The maximum atomic E-state index is 14.3. The molecule has 0 saturated carbocycles. The van der Waals surface area contributed by atoms with Crippen LogP contribution in [-0.4, -0.2) is 56.3 Å². The zero-order chi connectivity index (χ0) is 29.2. The third-order valence-electron chi connectivity index (χ3n) is 8.38. The molecule has 0 spiro atoms. The fourth-order valence-electron chi connectivity index (χ4n) is 5.79. The highest BCUT2D eigenvalue weighted by Crippen LogP contribution is 2.34. The number of fused-ring (bicyclic) bond motifs is 1. The molecule has 4 aromatic rings. The zero-order valence-corrected chi connectivity index (χ0v) is 23.4. The molecule has 1 unspecified atom stereocenters. The topological polar surface area (TPSA) is 113 Å². The van der Waals surface area contributed by atoms with Gasteiger partial charge in [0.2, 0.25) is 5.88 Å². The van der Waals surface area contributed by atoms with Crippen LogP contribution in [0.25, 0.3) is 11.0 Å². The number of carboxylic acid groups (broad SMARTS) is 1. The van der Waals surface area contributed by atoms with E-state index in [0.717, 1.165) is 61.5 Å². The summed E-state index contributed by atoms with van der Waals surface area (Å²) in [6.07, 6.45) is 2.93. The number of pyridine rings is 1. The van der Waals surface area contributed by atoms with E-state index in [-0.39, 0.29) is 35.8 Å². The number of piperidine rings is 1. The molecular weight excluding hydrogens is 537 g/mol.